The van der Waals surface area contributed by atoms with Crippen LogP contribution in [0, 0.1) is 6.92 Å². The fourth-order valence-electron chi connectivity index (χ4n) is 4.00. The number of aromatic hydroxyl groups is 1. The van der Waals surface area contributed by atoms with Gasteiger partial charge in [-0.1, -0.05) is 11.6 Å². The first-order valence-corrected chi connectivity index (χ1v) is 14.2. The minimum atomic E-state index is -0.809. The molecule has 0 radical (unpaired) electrons. The predicted molar refractivity (Wildman–Crippen MR) is 162 cm³/mol. The SMILES string of the molecule is COCc1cc(C)cc(COC(=O)CC(=O)OC)c1OC(=O)N(C)CCN(C)C(=O)OCc1cc2cc(Br)c(O)cc2oc1=O. The molecule has 14 nitrogen and oxygen atoms in total. The van der Waals surface area contributed by atoms with Crippen LogP contribution < -0.4 is 10.4 Å². The van der Waals surface area contributed by atoms with Crippen molar-refractivity contribution in [3.8, 4) is 11.5 Å². The molecule has 1 N–H and O–H groups in total. The maximum Gasteiger partial charge on any atom is 0.415 e. The molecule has 242 valence electrons. The van der Waals surface area contributed by atoms with Crippen LogP contribution in [-0.2, 0) is 48.4 Å². The Bertz CT molecular complexity index is 1640. The number of likely N-dealkylation sites (N-methyl/N-ethyl adjacent to an activating group) is 2. The molecular formula is C30H33BrN2O12. The van der Waals surface area contributed by atoms with Crippen LogP contribution in [0.2, 0.25) is 0 Å². The number of esters is 2. The zero-order chi connectivity index (χ0) is 33.3. The number of amides is 2. The third-order valence-electron chi connectivity index (χ3n) is 6.40. The van der Waals surface area contributed by atoms with Gasteiger partial charge in [0.15, 0.2) is 0 Å². The fourth-order valence-corrected chi connectivity index (χ4v) is 4.36. The molecule has 0 fully saturated rings. The summed E-state index contributed by atoms with van der Waals surface area (Å²) in [7, 11) is 5.56. The molecule has 45 heavy (non-hydrogen) atoms. The van der Waals surface area contributed by atoms with Crippen LogP contribution in [0.1, 0.15) is 28.7 Å². The van der Waals surface area contributed by atoms with E-state index in [-0.39, 0.29) is 55.6 Å². The quantitative estimate of drug-likeness (QED) is 0.125. The highest BCUT2D eigenvalue weighted by Gasteiger charge is 2.21. The summed E-state index contributed by atoms with van der Waals surface area (Å²) in [5.41, 5.74) is 1.26. The summed E-state index contributed by atoms with van der Waals surface area (Å²) in [6.45, 7) is 1.38. The molecule has 0 saturated heterocycles. The van der Waals surface area contributed by atoms with Gasteiger partial charge in [0.25, 0.3) is 0 Å². The van der Waals surface area contributed by atoms with Crippen LogP contribution in [0.3, 0.4) is 0 Å². The van der Waals surface area contributed by atoms with Gasteiger partial charge < -0.3 is 43.0 Å². The number of phenols is 1. The number of fused-ring (bicyclic) bond motifs is 1. The van der Waals surface area contributed by atoms with E-state index in [1.807, 2.05) is 6.92 Å². The molecule has 1 aromatic heterocycles. The Labute approximate surface area is 266 Å². The zero-order valence-corrected chi connectivity index (χ0v) is 26.9. The smallest absolute Gasteiger partial charge is 0.415 e. The number of methoxy groups -OCH3 is 2. The largest absolute Gasteiger partial charge is 0.507 e. The van der Waals surface area contributed by atoms with Gasteiger partial charge >= 0.3 is 29.8 Å². The van der Waals surface area contributed by atoms with Crippen molar-refractivity contribution in [2.75, 3.05) is 41.4 Å². The molecule has 0 spiro atoms. The lowest BCUT2D eigenvalue weighted by molar-refractivity contribution is -0.153. The number of rotatable bonds is 12. The van der Waals surface area contributed by atoms with Crippen molar-refractivity contribution in [1.29, 1.82) is 0 Å². The van der Waals surface area contributed by atoms with Crippen molar-refractivity contribution in [3.05, 3.63) is 67.5 Å². The van der Waals surface area contributed by atoms with E-state index in [1.54, 1.807) is 18.2 Å². The Morgan fingerprint density at radius 1 is 0.844 bits per heavy atom. The van der Waals surface area contributed by atoms with Crippen LogP contribution in [0.15, 0.2) is 44.0 Å². The van der Waals surface area contributed by atoms with Gasteiger partial charge in [0.1, 0.15) is 36.7 Å². The molecule has 3 aromatic rings. The van der Waals surface area contributed by atoms with E-state index < -0.39 is 36.2 Å². The molecule has 0 aliphatic heterocycles. The van der Waals surface area contributed by atoms with Crippen molar-refractivity contribution in [1.82, 2.24) is 9.80 Å². The van der Waals surface area contributed by atoms with E-state index in [4.69, 9.17) is 23.4 Å². The Balaban J connectivity index is 1.60. The molecule has 3 rings (SSSR count). The Morgan fingerprint density at radius 3 is 2.11 bits per heavy atom. The summed E-state index contributed by atoms with van der Waals surface area (Å²) >= 11 is 3.20. The Morgan fingerprint density at radius 2 is 1.47 bits per heavy atom. The molecule has 0 unspecified atom stereocenters. The number of ether oxygens (including phenoxy) is 5. The van der Waals surface area contributed by atoms with E-state index in [1.165, 1.54) is 43.1 Å². The lowest BCUT2D eigenvalue weighted by Gasteiger charge is -2.23. The first kappa shape index (κ1) is 34.9. The molecule has 0 bridgehead atoms. The average molecular weight is 694 g/mol. The van der Waals surface area contributed by atoms with Crippen LogP contribution in [0.4, 0.5) is 9.59 Å². The summed E-state index contributed by atoms with van der Waals surface area (Å²) in [6.07, 6.45) is -2.08. The Hall–Kier alpha value is -4.63. The van der Waals surface area contributed by atoms with Crippen molar-refractivity contribution >= 4 is 51.0 Å². The first-order valence-electron chi connectivity index (χ1n) is 13.4. The average Bonchev–Trinajstić information content (AvgIpc) is 2.99. The summed E-state index contributed by atoms with van der Waals surface area (Å²) in [6, 6.07) is 7.80. The minimum Gasteiger partial charge on any atom is -0.507 e. The molecule has 1 heterocycles. The van der Waals surface area contributed by atoms with Gasteiger partial charge in [0, 0.05) is 56.9 Å². The van der Waals surface area contributed by atoms with Gasteiger partial charge in [-0.05, 0) is 41.1 Å². The number of benzene rings is 2. The van der Waals surface area contributed by atoms with Gasteiger partial charge in [0.05, 0.1) is 23.8 Å². The maximum atomic E-state index is 13.0. The van der Waals surface area contributed by atoms with Crippen LogP contribution in [0.5, 0.6) is 11.5 Å². The van der Waals surface area contributed by atoms with E-state index >= 15 is 0 Å². The summed E-state index contributed by atoms with van der Waals surface area (Å²) < 4.78 is 31.4. The fraction of sp³-hybridized carbons (Fsp3) is 0.367. The van der Waals surface area contributed by atoms with Gasteiger partial charge in [-0.25, -0.2) is 14.4 Å². The predicted octanol–water partition coefficient (Wildman–Crippen LogP) is 4.02. The van der Waals surface area contributed by atoms with Crippen molar-refractivity contribution in [2.24, 2.45) is 0 Å². The first-order chi connectivity index (χ1) is 21.3. The molecule has 15 heteroatoms. The summed E-state index contributed by atoms with van der Waals surface area (Å²) in [5, 5.41) is 10.3. The van der Waals surface area contributed by atoms with Gasteiger partial charge in [-0.2, -0.15) is 0 Å². The normalized spacial score (nSPS) is 10.7. The second kappa shape index (κ2) is 15.9. The number of nitrogens with zero attached hydrogens (tertiary/aromatic N) is 2. The summed E-state index contributed by atoms with van der Waals surface area (Å²) in [5.74, 6) is -1.51. The molecule has 0 aliphatic carbocycles. The number of halogens is 1. The number of hydrogen-bond acceptors (Lipinski definition) is 12. The molecular weight excluding hydrogens is 660 g/mol. The zero-order valence-electron chi connectivity index (χ0n) is 25.3. The van der Waals surface area contributed by atoms with E-state index in [0.717, 1.165) is 12.7 Å². The highest BCUT2D eigenvalue weighted by Crippen LogP contribution is 2.30. The summed E-state index contributed by atoms with van der Waals surface area (Å²) in [4.78, 5) is 63.7. The lowest BCUT2D eigenvalue weighted by atomic mass is 10.1. The molecule has 2 amide bonds. The number of carbonyl (C=O) groups excluding carboxylic acids is 4. The van der Waals surface area contributed by atoms with Crippen LogP contribution in [-0.4, -0.2) is 80.4 Å². The second-order valence-electron chi connectivity index (χ2n) is 9.93. The number of hydrogen-bond donors (Lipinski definition) is 1. The van der Waals surface area contributed by atoms with E-state index in [9.17, 15) is 29.1 Å². The third kappa shape index (κ3) is 9.68. The minimum absolute atomic E-state index is 0.0506. The standard InChI is InChI=1S/C30H33BrN2O12/c1-17-8-19(14-40-4)27(20(9-17)15-42-26(36)13-25(35)41-5)45-30(39)33(3)7-6-32(2)29(38)43-16-21-10-18-11-22(31)23(34)12-24(18)44-28(21)37/h8-12,34H,6-7,13-16H2,1-5H3. The van der Waals surface area contributed by atoms with E-state index in [2.05, 4.69) is 20.7 Å². The molecule has 2 aromatic carbocycles. The van der Waals surface area contributed by atoms with Gasteiger partial charge in [0.2, 0.25) is 0 Å². The molecule has 0 aliphatic rings. The number of phenolic OH excluding ortho intramolecular Hbond substituents is 1. The van der Waals surface area contributed by atoms with Gasteiger partial charge in [-0.3, -0.25) is 9.59 Å². The third-order valence-corrected chi connectivity index (χ3v) is 7.04. The molecule has 0 atom stereocenters. The second-order valence-corrected chi connectivity index (χ2v) is 10.8. The number of carbonyl (C=O) groups is 4. The highest BCUT2D eigenvalue weighted by atomic mass is 79.9. The van der Waals surface area contributed by atoms with Gasteiger partial charge in [-0.15, -0.1) is 0 Å². The maximum absolute atomic E-state index is 13.0. The Kier molecular flexibility index (Phi) is 12.3. The van der Waals surface area contributed by atoms with E-state index in [0.29, 0.717) is 21.0 Å². The monoisotopic (exact) mass is 692 g/mol. The molecule has 0 saturated carbocycles. The topological polar surface area (TPSA) is 171 Å². The lowest BCUT2D eigenvalue weighted by Crippen LogP contribution is -2.39. The van der Waals surface area contributed by atoms with Crippen molar-refractivity contribution in [2.45, 2.75) is 33.2 Å². The van der Waals surface area contributed by atoms with Crippen molar-refractivity contribution in [3.63, 3.8) is 0 Å². The van der Waals surface area contributed by atoms with Crippen LogP contribution in [0.25, 0.3) is 11.0 Å². The van der Waals surface area contributed by atoms with Crippen LogP contribution >= 0.6 is 15.9 Å². The highest BCUT2D eigenvalue weighted by molar-refractivity contribution is 9.10. The van der Waals surface area contributed by atoms with Crippen molar-refractivity contribution < 1.29 is 52.4 Å². The number of aryl methyl sites for hydroxylation is 1.